The first-order chi connectivity index (χ1) is 11.8. The van der Waals surface area contributed by atoms with Crippen molar-refractivity contribution in [2.75, 3.05) is 40.2 Å². The highest BCUT2D eigenvalue weighted by Crippen LogP contribution is 2.29. The highest BCUT2D eigenvalue weighted by molar-refractivity contribution is 7.89. The number of carbonyl (C=O) groups excluding carboxylic acids is 1. The lowest BCUT2D eigenvalue weighted by atomic mass is 10.1. The highest BCUT2D eigenvalue weighted by Gasteiger charge is 2.17. The quantitative estimate of drug-likeness (QED) is 0.556. The van der Waals surface area contributed by atoms with E-state index in [1.165, 1.54) is 14.2 Å². The molecule has 0 spiro atoms. The molecule has 0 aliphatic carbocycles. The Morgan fingerprint density at radius 1 is 1.20 bits per heavy atom. The van der Waals surface area contributed by atoms with Crippen molar-refractivity contribution in [3.63, 3.8) is 0 Å². The molecule has 1 aromatic rings. The van der Waals surface area contributed by atoms with Crippen LogP contribution in [-0.4, -0.2) is 54.6 Å². The zero-order valence-corrected chi connectivity index (χ0v) is 15.8. The molecule has 1 rings (SSSR count). The maximum absolute atomic E-state index is 12.0. The van der Waals surface area contributed by atoms with Crippen LogP contribution in [-0.2, 0) is 19.6 Å². The molecular weight excluding hydrogens is 348 g/mol. The van der Waals surface area contributed by atoms with Crippen LogP contribution in [0.25, 0.3) is 0 Å². The van der Waals surface area contributed by atoms with E-state index >= 15 is 0 Å². The van der Waals surface area contributed by atoms with E-state index in [0.717, 1.165) is 5.56 Å². The molecule has 0 saturated carbocycles. The predicted molar refractivity (Wildman–Crippen MR) is 94.4 cm³/mol. The molecule has 1 amide bonds. The normalized spacial score (nSPS) is 12.5. The Labute approximate surface area is 148 Å². The van der Waals surface area contributed by atoms with Crippen LogP contribution in [0, 0.1) is 0 Å². The molecule has 25 heavy (non-hydrogen) atoms. The van der Waals surface area contributed by atoms with Crippen molar-refractivity contribution < 1.29 is 27.4 Å². The second kappa shape index (κ2) is 10.2. The number of amides is 1. The van der Waals surface area contributed by atoms with Crippen LogP contribution < -0.4 is 19.5 Å². The van der Waals surface area contributed by atoms with Crippen molar-refractivity contribution in [1.82, 2.24) is 10.0 Å². The summed E-state index contributed by atoms with van der Waals surface area (Å²) < 4.78 is 41.1. The lowest BCUT2D eigenvalue weighted by Gasteiger charge is -2.18. The van der Waals surface area contributed by atoms with Gasteiger partial charge in [0.05, 0.1) is 32.6 Å². The third-order valence-electron chi connectivity index (χ3n) is 3.50. The Morgan fingerprint density at radius 3 is 2.52 bits per heavy atom. The monoisotopic (exact) mass is 374 g/mol. The summed E-state index contributed by atoms with van der Waals surface area (Å²) in [5.74, 6) is 0.713. The molecule has 8 nitrogen and oxygen atoms in total. The Kier molecular flexibility index (Phi) is 8.67. The number of hydrogen-bond acceptors (Lipinski definition) is 6. The van der Waals surface area contributed by atoms with E-state index in [0.29, 0.717) is 24.5 Å². The first-order valence-electron chi connectivity index (χ1n) is 7.80. The summed E-state index contributed by atoms with van der Waals surface area (Å²) in [7, 11) is 1.08. The van der Waals surface area contributed by atoms with Gasteiger partial charge >= 0.3 is 0 Å². The van der Waals surface area contributed by atoms with E-state index in [2.05, 4.69) is 10.0 Å². The summed E-state index contributed by atoms with van der Waals surface area (Å²) in [4.78, 5) is 12.0. The molecule has 0 saturated heterocycles. The molecule has 0 unspecified atom stereocenters. The third kappa shape index (κ3) is 7.29. The van der Waals surface area contributed by atoms with Gasteiger partial charge in [0.15, 0.2) is 0 Å². The summed E-state index contributed by atoms with van der Waals surface area (Å²) >= 11 is 0. The van der Waals surface area contributed by atoms with Gasteiger partial charge in [-0.1, -0.05) is 0 Å². The highest BCUT2D eigenvalue weighted by atomic mass is 32.2. The summed E-state index contributed by atoms with van der Waals surface area (Å²) in [6, 6.07) is 4.88. The minimum absolute atomic E-state index is 0.0899. The number of carbonyl (C=O) groups is 1. The average molecular weight is 374 g/mol. The summed E-state index contributed by atoms with van der Waals surface area (Å²) in [5.41, 5.74) is 0.734. The van der Waals surface area contributed by atoms with Crippen LogP contribution in [0.4, 0.5) is 0 Å². The van der Waals surface area contributed by atoms with Gasteiger partial charge in [-0.05, 0) is 31.5 Å². The van der Waals surface area contributed by atoms with Crippen LogP contribution in [0.5, 0.6) is 11.5 Å². The molecular formula is C16H26N2O6S. The van der Waals surface area contributed by atoms with Crippen LogP contribution in [0.2, 0.25) is 0 Å². The largest absolute Gasteiger partial charge is 0.497 e. The van der Waals surface area contributed by atoms with Gasteiger partial charge in [-0.2, -0.15) is 0 Å². The van der Waals surface area contributed by atoms with Crippen LogP contribution >= 0.6 is 0 Å². The second-order valence-electron chi connectivity index (χ2n) is 5.38. The van der Waals surface area contributed by atoms with Gasteiger partial charge in [0.2, 0.25) is 15.9 Å². The van der Waals surface area contributed by atoms with Gasteiger partial charge in [-0.25, -0.2) is 13.1 Å². The number of methoxy groups -OCH3 is 3. The summed E-state index contributed by atoms with van der Waals surface area (Å²) in [5, 5.41) is 2.74. The van der Waals surface area contributed by atoms with Crippen LogP contribution in [0.3, 0.4) is 0 Å². The zero-order chi connectivity index (χ0) is 18.9. The molecule has 0 fully saturated rings. The second-order valence-corrected chi connectivity index (χ2v) is 7.31. The van der Waals surface area contributed by atoms with Gasteiger partial charge in [0.1, 0.15) is 11.5 Å². The predicted octanol–water partition coefficient (Wildman–Crippen LogP) is 0.837. The van der Waals surface area contributed by atoms with Gasteiger partial charge in [-0.3, -0.25) is 4.79 Å². The summed E-state index contributed by atoms with van der Waals surface area (Å²) in [6.45, 7) is 1.80. The molecule has 0 aromatic heterocycles. The number of rotatable bonds is 11. The third-order valence-corrected chi connectivity index (χ3v) is 4.91. The van der Waals surface area contributed by atoms with E-state index in [1.807, 2.05) is 0 Å². The minimum Gasteiger partial charge on any atom is -0.497 e. The molecule has 0 heterocycles. The Hall–Kier alpha value is -1.84. The van der Waals surface area contributed by atoms with E-state index in [4.69, 9.17) is 14.2 Å². The number of hydrogen-bond donors (Lipinski definition) is 2. The van der Waals surface area contributed by atoms with Crippen LogP contribution in [0.15, 0.2) is 18.2 Å². The first kappa shape index (κ1) is 21.2. The number of ether oxygens (including phenoxy) is 3. The minimum atomic E-state index is -3.51. The fourth-order valence-corrected chi connectivity index (χ4v) is 3.18. The van der Waals surface area contributed by atoms with Gasteiger partial charge in [0, 0.05) is 19.3 Å². The SMILES string of the molecule is COCCCS(=O)(=O)NCC(=O)N[C@H](C)c1cc(OC)ccc1OC. The van der Waals surface area contributed by atoms with Crippen molar-refractivity contribution in [2.45, 2.75) is 19.4 Å². The van der Waals surface area contributed by atoms with Crippen LogP contribution in [0.1, 0.15) is 24.9 Å². The van der Waals surface area contributed by atoms with Crippen molar-refractivity contribution in [3.05, 3.63) is 23.8 Å². The summed E-state index contributed by atoms with van der Waals surface area (Å²) in [6.07, 6.45) is 0.366. The molecule has 1 aromatic carbocycles. The van der Waals surface area contributed by atoms with Crippen molar-refractivity contribution in [2.24, 2.45) is 0 Å². The van der Waals surface area contributed by atoms with Crippen molar-refractivity contribution in [1.29, 1.82) is 0 Å². The Balaban J connectivity index is 2.62. The zero-order valence-electron chi connectivity index (χ0n) is 15.0. The lowest BCUT2D eigenvalue weighted by Crippen LogP contribution is -2.39. The van der Waals surface area contributed by atoms with E-state index < -0.39 is 15.9 Å². The molecule has 2 N–H and O–H groups in total. The van der Waals surface area contributed by atoms with Gasteiger partial charge < -0.3 is 19.5 Å². The number of benzene rings is 1. The van der Waals surface area contributed by atoms with Gasteiger partial charge in [-0.15, -0.1) is 0 Å². The molecule has 0 radical (unpaired) electrons. The topological polar surface area (TPSA) is 103 Å². The van der Waals surface area contributed by atoms with E-state index in [9.17, 15) is 13.2 Å². The lowest BCUT2D eigenvalue weighted by molar-refractivity contribution is -0.120. The average Bonchev–Trinajstić information content (AvgIpc) is 2.59. The molecule has 142 valence electrons. The smallest absolute Gasteiger partial charge is 0.235 e. The maximum Gasteiger partial charge on any atom is 0.235 e. The van der Waals surface area contributed by atoms with Crippen molar-refractivity contribution >= 4 is 15.9 Å². The number of sulfonamides is 1. The maximum atomic E-state index is 12.0. The molecule has 9 heteroatoms. The molecule has 0 bridgehead atoms. The number of nitrogens with one attached hydrogen (secondary N) is 2. The molecule has 0 aliphatic heterocycles. The Bertz CT molecular complexity index is 663. The Morgan fingerprint density at radius 2 is 1.92 bits per heavy atom. The van der Waals surface area contributed by atoms with E-state index in [-0.39, 0.29) is 18.3 Å². The fourth-order valence-electron chi connectivity index (χ4n) is 2.19. The molecule has 1 atom stereocenters. The van der Waals surface area contributed by atoms with Gasteiger partial charge in [0.25, 0.3) is 0 Å². The molecule has 0 aliphatic rings. The van der Waals surface area contributed by atoms with Crippen molar-refractivity contribution in [3.8, 4) is 11.5 Å². The van der Waals surface area contributed by atoms with E-state index in [1.54, 1.807) is 32.2 Å². The standard InChI is InChI=1S/C16H26N2O6S/c1-12(14-10-13(23-3)6-7-15(14)24-4)18-16(19)11-17-25(20,21)9-5-8-22-2/h6-7,10,12,17H,5,8-9,11H2,1-4H3,(H,18,19)/t12-/m1/s1. The first-order valence-corrected chi connectivity index (χ1v) is 9.45. The fraction of sp³-hybridized carbons (Fsp3) is 0.562.